The van der Waals surface area contributed by atoms with Gasteiger partial charge in [-0.15, -0.1) is 0 Å². The third-order valence-electron chi connectivity index (χ3n) is 8.86. The smallest absolute Gasteiger partial charge is 0.131 e. The number of halogens is 4. The molecule has 2 unspecified atom stereocenters. The summed E-state index contributed by atoms with van der Waals surface area (Å²) >= 11 is 0. The van der Waals surface area contributed by atoms with Gasteiger partial charge in [0.25, 0.3) is 0 Å². The second-order valence-electron chi connectivity index (χ2n) is 11.4. The third-order valence-corrected chi connectivity index (χ3v) is 8.86. The summed E-state index contributed by atoms with van der Waals surface area (Å²) in [6, 6.07) is 7.37. The first-order valence-electron chi connectivity index (χ1n) is 14.4. The van der Waals surface area contributed by atoms with E-state index in [1.54, 1.807) is 0 Å². The minimum absolute atomic E-state index is 0.0653. The SMILES string of the molecule is CCCC1CCC(C(OC(c2ccc(F)cc2F)C2CCC(CCC)CC2)c2ccc(F)cc2F)CC1. The Morgan fingerprint density at radius 3 is 1.32 bits per heavy atom. The van der Waals surface area contributed by atoms with Crippen molar-refractivity contribution < 1.29 is 22.3 Å². The summed E-state index contributed by atoms with van der Waals surface area (Å²) in [4.78, 5) is 0. The van der Waals surface area contributed by atoms with Crippen LogP contribution in [0.1, 0.15) is 114 Å². The van der Waals surface area contributed by atoms with Crippen LogP contribution in [0.15, 0.2) is 36.4 Å². The molecule has 0 N–H and O–H groups in total. The van der Waals surface area contributed by atoms with Gasteiger partial charge in [0.2, 0.25) is 0 Å². The highest BCUT2D eigenvalue weighted by molar-refractivity contribution is 5.25. The molecule has 2 aliphatic rings. The van der Waals surface area contributed by atoms with E-state index in [2.05, 4.69) is 13.8 Å². The van der Waals surface area contributed by atoms with Crippen LogP contribution in [0.4, 0.5) is 17.6 Å². The van der Waals surface area contributed by atoms with Gasteiger partial charge in [-0.3, -0.25) is 0 Å². The predicted octanol–water partition coefficient (Wildman–Crippen LogP) is 10.3. The van der Waals surface area contributed by atoms with Gasteiger partial charge in [0.05, 0.1) is 12.2 Å². The summed E-state index contributed by atoms with van der Waals surface area (Å²) in [6.07, 6.45) is 11.3. The summed E-state index contributed by atoms with van der Waals surface area (Å²) in [5, 5.41) is 0. The summed E-state index contributed by atoms with van der Waals surface area (Å²) < 4.78 is 64.8. The highest BCUT2D eigenvalue weighted by atomic mass is 19.1. The number of ether oxygens (including phenoxy) is 1. The molecule has 0 saturated heterocycles. The maximum atomic E-state index is 15.2. The second-order valence-corrected chi connectivity index (χ2v) is 11.4. The Hall–Kier alpha value is -1.88. The van der Waals surface area contributed by atoms with Gasteiger partial charge >= 0.3 is 0 Å². The van der Waals surface area contributed by atoms with E-state index in [0.29, 0.717) is 23.0 Å². The first-order chi connectivity index (χ1) is 17.9. The second kappa shape index (κ2) is 13.3. The van der Waals surface area contributed by atoms with Crippen LogP contribution in [0.25, 0.3) is 0 Å². The lowest BCUT2D eigenvalue weighted by molar-refractivity contribution is -0.0932. The van der Waals surface area contributed by atoms with E-state index < -0.39 is 35.5 Å². The average Bonchev–Trinajstić information content (AvgIpc) is 2.88. The van der Waals surface area contributed by atoms with Gasteiger partial charge in [0.1, 0.15) is 23.3 Å². The van der Waals surface area contributed by atoms with E-state index in [-0.39, 0.29) is 11.8 Å². The molecule has 2 aromatic rings. The lowest BCUT2D eigenvalue weighted by atomic mass is 9.75. The highest BCUT2D eigenvalue weighted by Gasteiger charge is 2.37. The first-order valence-corrected chi connectivity index (χ1v) is 14.4. The molecule has 204 valence electrons. The Morgan fingerprint density at radius 2 is 1.00 bits per heavy atom. The Labute approximate surface area is 220 Å². The molecular weight excluding hydrogens is 476 g/mol. The quantitative estimate of drug-likeness (QED) is 0.284. The monoisotopic (exact) mass is 518 g/mol. The molecule has 0 bridgehead atoms. The fraction of sp³-hybridized carbons (Fsp3) is 0.625. The molecule has 0 radical (unpaired) electrons. The molecule has 2 atom stereocenters. The molecule has 0 heterocycles. The van der Waals surface area contributed by atoms with E-state index in [1.165, 1.54) is 37.1 Å². The van der Waals surface area contributed by atoms with Crippen LogP contribution in [0.3, 0.4) is 0 Å². The van der Waals surface area contributed by atoms with Gasteiger partial charge < -0.3 is 4.74 Å². The van der Waals surface area contributed by atoms with Crippen molar-refractivity contribution in [2.75, 3.05) is 0 Å². The van der Waals surface area contributed by atoms with Crippen molar-refractivity contribution in [3.05, 3.63) is 70.8 Å². The molecule has 5 heteroatoms. The molecule has 0 spiro atoms. The fourth-order valence-electron chi connectivity index (χ4n) is 6.87. The van der Waals surface area contributed by atoms with Crippen LogP contribution in [-0.4, -0.2) is 0 Å². The molecule has 0 aromatic heterocycles. The molecule has 37 heavy (non-hydrogen) atoms. The number of rotatable bonds is 10. The fourth-order valence-corrected chi connectivity index (χ4v) is 6.87. The number of hydrogen-bond donors (Lipinski definition) is 0. The molecule has 0 amide bonds. The van der Waals surface area contributed by atoms with Crippen LogP contribution < -0.4 is 0 Å². The largest absolute Gasteiger partial charge is 0.365 e. The Bertz CT molecular complexity index is 913. The topological polar surface area (TPSA) is 9.23 Å². The first kappa shape index (κ1) is 28.1. The van der Waals surface area contributed by atoms with Gasteiger partial charge in [-0.2, -0.15) is 0 Å². The van der Waals surface area contributed by atoms with Crippen molar-refractivity contribution in [2.24, 2.45) is 23.7 Å². The zero-order chi connectivity index (χ0) is 26.4. The van der Waals surface area contributed by atoms with E-state index in [1.807, 2.05) is 0 Å². The summed E-state index contributed by atoms with van der Waals surface area (Å²) in [6.45, 7) is 4.39. The van der Waals surface area contributed by atoms with Crippen molar-refractivity contribution in [2.45, 2.75) is 103 Å². The summed E-state index contributed by atoms with van der Waals surface area (Å²) in [5.74, 6) is -1.02. The predicted molar refractivity (Wildman–Crippen MR) is 140 cm³/mol. The molecular formula is C32H42F4O. The lowest BCUT2D eigenvalue weighted by Gasteiger charge is -2.40. The van der Waals surface area contributed by atoms with Crippen LogP contribution in [-0.2, 0) is 4.74 Å². The minimum atomic E-state index is -0.623. The van der Waals surface area contributed by atoms with E-state index in [0.717, 1.165) is 76.3 Å². The van der Waals surface area contributed by atoms with Crippen LogP contribution in [0.5, 0.6) is 0 Å². The zero-order valence-corrected chi connectivity index (χ0v) is 22.3. The normalized spacial score (nSPS) is 26.1. The van der Waals surface area contributed by atoms with Crippen molar-refractivity contribution in [3.63, 3.8) is 0 Å². The molecule has 2 fully saturated rings. The van der Waals surface area contributed by atoms with Crippen molar-refractivity contribution in [1.82, 2.24) is 0 Å². The Balaban J connectivity index is 1.65. The molecule has 2 saturated carbocycles. The highest BCUT2D eigenvalue weighted by Crippen LogP contribution is 2.47. The molecule has 2 aromatic carbocycles. The molecule has 1 nitrogen and oxygen atoms in total. The van der Waals surface area contributed by atoms with Crippen molar-refractivity contribution >= 4 is 0 Å². The summed E-state index contributed by atoms with van der Waals surface area (Å²) in [5.41, 5.74) is 0.681. The molecule has 2 aliphatic carbocycles. The van der Waals surface area contributed by atoms with Crippen molar-refractivity contribution in [3.8, 4) is 0 Å². The standard InChI is InChI=1S/C32H42F4O/c1-3-5-21-7-11-23(12-8-21)31(27-17-15-25(33)19-29(27)35)37-32(28-18-16-26(34)20-30(28)36)24-13-9-22(6-4-2)10-14-24/h15-24,31-32H,3-14H2,1-2H3. The van der Waals surface area contributed by atoms with Gasteiger partial charge in [0, 0.05) is 23.3 Å². The van der Waals surface area contributed by atoms with Gasteiger partial charge in [-0.05, 0) is 61.5 Å². The number of benzene rings is 2. The van der Waals surface area contributed by atoms with Gasteiger partial charge in [0.15, 0.2) is 0 Å². The van der Waals surface area contributed by atoms with E-state index in [9.17, 15) is 8.78 Å². The Kier molecular flexibility index (Phi) is 10.1. The maximum absolute atomic E-state index is 15.2. The van der Waals surface area contributed by atoms with Crippen LogP contribution >= 0.6 is 0 Å². The van der Waals surface area contributed by atoms with E-state index >= 15 is 8.78 Å². The van der Waals surface area contributed by atoms with Gasteiger partial charge in [-0.1, -0.05) is 77.3 Å². The minimum Gasteiger partial charge on any atom is -0.365 e. The molecule has 4 rings (SSSR count). The maximum Gasteiger partial charge on any atom is 0.131 e. The van der Waals surface area contributed by atoms with E-state index in [4.69, 9.17) is 4.74 Å². The molecule has 0 aliphatic heterocycles. The van der Waals surface area contributed by atoms with Gasteiger partial charge in [-0.25, -0.2) is 17.6 Å². The van der Waals surface area contributed by atoms with Crippen molar-refractivity contribution in [1.29, 1.82) is 0 Å². The summed E-state index contributed by atoms with van der Waals surface area (Å²) in [7, 11) is 0. The third kappa shape index (κ3) is 7.16. The van der Waals surface area contributed by atoms with Crippen LogP contribution in [0.2, 0.25) is 0 Å². The number of hydrogen-bond acceptors (Lipinski definition) is 1. The average molecular weight is 519 g/mol. The van der Waals surface area contributed by atoms with Crippen LogP contribution in [0, 0.1) is 46.9 Å². The lowest BCUT2D eigenvalue weighted by Crippen LogP contribution is -2.29. The Morgan fingerprint density at radius 1 is 0.622 bits per heavy atom. The zero-order valence-electron chi connectivity index (χ0n) is 22.3.